The van der Waals surface area contributed by atoms with Crippen LogP contribution in [0.2, 0.25) is 0 Å². The molecule has 0 aromatic carbocycles. The van der Waals surface area contributed by atoms with Gasteiger partial charge in [-0.05, 0) is 77.0 Å². The average molecular weight is 967 g/mol. The normalized spacial score (nSPS) is 26.2. The average Bonchev–Trinajstić information content (AvgIpc) is 3.33. The summed E-state index contributed by atoms with van der Waals surface area (Å²) in [5.74, 6) is -0.990. The predicted molar refractivity (Wildman–Crippen MR) is 261 cm³/mol. The maximum absolute atomic E-state index is 13.0. The van der Waals surface area contributed by atoms with Crippen LogP contribution in [0.1, 0.15) is 168 Å². The number of carbonyl (C=O) groups is 2. The van der Waals surface area contributed by atoms with Gasteiger partial charge in [0.05, 0.1) is 19.8 Å². The van der Waals surface area contributed by atoms with Gasteiger partial charge in [-0.1, -0.05) is 139 Å². The summed E-state index contributed by atoms with van der Waals surface area (Å²) in [5, 5.41) is 72.1. The summed E-state index contributed by atoms with van der Waals surface area (Å²) >= 11 is 0. The number of ether oxygens (including phenoxy) is 6. The Morgan fingerprint density at radius 3 is 1.49 bits per heavy atom. The minimum Gasteiger partial charge on any atom is -0.462 e. The zero-order chi connectivity index (χ0) is 49.6. The number of carbonyl (C=O) groups excluding carboxylic acids is 2. The Labute approximate surface area is 407 Å². The molecular weight excluding hydrogens is 877 g/mol. The number of unbranched alkanes of at least 4 members (excludes halogenated alkanes) is 15. The molecule has 7 N–H and O–H groups in total. The zero-order valence-corrected chi connectivity index (χ0v) is 41.3. The van der Waals surface area contributed by atoms with Crippen LogP contribution < -0.4 is 0 Å². The Kier molecular flexibility index (Phi) is 36.0. The number of allylic oxidation sites excluding steroid dienone is 10. The van der Waals surface area contributed by atoms with Crippen molar-refractivity contribution in [3.05, 3.63) is 60.8 Å². The van der Waals surface area contributed by atoms with E-state index in [1.807, 2.05) is 0 Å². The van der Waals surface area contributed by atoms with Crippen LogP contribution >= 0.6 is 0 Å². The van der Waals surface area contributed by atoms with Gasteiger partial charge in [0, 0.05) is 12.8 Å². The van der Waals surface area contributed by atoms with E-state index >= 15 is 0 Å². The van der Waals surface area contributed by atoms with E-state index in [0.29, 0.717) is 12.8 Å². The van der Waals surface area contributed by atoms with Gasteiger partial charge in [0.1, 0.15) is 55.4 Å². The van der Waals surface area contributed by atoms with Gasteiger partial charge in [-0.25, -0.2) is 0 Å². The van der Waals surface area contributed by atoms with E-state index in [-0.39, 0.29) is 19.4 Å². The van der Waals surface area contributed by atoms with Gasteiger partial charge in [0.2, 0.25) is 0 Å². The van der Waals surface area contributed by atoms with Crippen molar-refractivity contribution in [1.29, 1.82) is 0 Å². The lowest BCUT2D eigenvalue weighted by atomic mass is 9.98. The molecule has 0 radical (unpaired) electrons. The first-order valence-corrected chi connectivity index (χ1v) is 25.9. The molecule has 2 aliphatic rings. The molecule has 0 saturated carbocycles. The number of esters is 2. The second-order valence-electron chi connectivity index (χ2n) is 18.0. The van der Waals surface area contributed by atoms with Gasteiger partial charge in [-0.3, -0.25) is 9.59 Å². The number of aliphatic hydroxyl groups is 7. The number of aliphatic hydroxyl groups excluding tert-OH is 7. The first kappa shape index (κ1) is 61.3. The van der Waals surface area contributed by atoms with Gasteiger partial charge in [0.25, 0.3) is 0 Å². The van der Waals surface area contributed by atoms with Crippen LogP contribution in [0.25, 0.3) is 0 Å². The van der Waals surface area contributed by atoms with Crippen molar-refractivity contribution in [2.45, 2.75) is 235 Å². The molecule has 0 bridgehead atoms. The van der Waals surface area contributed by atoms with Crippen molar-refractivity contribution in [1.82, 2.24) is 0 Å². The van der Waals surface area contributed by atoms with Gasteiger partial charge < -0.3 is 64.2 Å². The van der Waals surface area contributed by atoms with E-state index in [1.165, 1.54) is 64.2 Å². The first-order chi connectivity index (χ1) is 33.0. The summed E-state index contributed by atoms with van der Waals surface area (Å²) in [6, 6.07) is 0. The van der Waals surface area contributed by atoms with Crippen molar-refractivity contribution < 1.29 is 73.8 Å². The molecule has 392 valence electrons. The minimum atomic E-state index is -1.78. The second kappa shape index (κ2) is 39.9. The highest BCUT2D eigenvalue weighted by atomic mass is 16.7. The second-order valence-corrected chi connectivity index (χ2v) is 18.0. The lowest BCUT2D eigenvalue weighted by molar-refractivity contribution is -0.332. The monoisotopic (exact) mass is 967 g/mol. The fourth-order valence-electron chi connectivity index (χ4n) is 7.67. The molecule has 68 heavy (non-hydrogen) atoms. The highest BCUT2D eigenvalue weighted by Gasteiger charge is 2.47. The number of hydrogen-bond donors (Lipinski definition) is 7. The highest BCUT2D eigenvalue weighted by Crippen LogP contribution is 2.26. The topological polar surface area (TPSA) is 231 Å². The molecule has 2 fully saturated rings. The highest BCUT2D eigenvalue weighted by molar-refractivity contribution is 5.70. The maximum atomic E-state index is 13.0. The van der Waals surface area contributed by atoms with Gasteiger partial charge in [-0.15, -0.1) is 0 Å². The Balaban J connectivity index is 1.83. The van der Waals surface area contributed by atoms with Crippen molar-refractivity contribution in [2.24, 2.45) is 0 Å². The Morgan fingerprint density at radius 1 is 0.471 bits per heavy atom. The molecule has 0 aliphatic carbocycles. The molecule has 2 heterocycles. The van der Waals surface area contributed by atoms with Crippen molar-refractivity contribution in [2.75, 3.05) is 26.4 Å². The quantitative estimate of drug-likeness (QED) is 0.0183. The largest absolute Gasteiger partial charge is 0.462 e. The summed E-state index contributed by atoms with van der Waals surface area (Å²) in [5.41, 5.74) is 0. The molecule has 11 atom stereocenters. The summed E-state index contributed by atoms with van der Waals surface area (Å²) in [7, 11) is 0. The van der Waals surface area contributed by atoms with Crippen LogP contribution in [0.5, 0.6) is 0 Å². The summed E-state index contributed by atoms with van der Waals surface area (Å²) in [6.07, 6.45) is 28.2. The van der Waals surface area contributed by atoms with E-state index in [4.69, 9.17) is 28.4 Å². The van der Waals surface area contributed by atoms with Gasteiger partial charge in [-0.2, -0.15) is 0 Å². The van der Waals surface area contributed by atoms with Crippen LogP contribution in [0.15, 0.2) is 60.8 Å². The third kappa shape index (κ3) is 27.6. The fourth-order valence-corrected chi connectivity index (χ4v) is 7.67. The van der Waals surface area contributed by atoms with E-state index in [2.05, 4.69) is 74.6 Å². The zero-order valence-electron chi connectivity index (χ0n) is 41.3. The molecular formula is C53H90O15. The summed E-state index contributed by atoms with van der Waals surface area (Å²) in [4.78, 5) is 25.7. The molecule has 0 aromatic rings. The van der Waals surface area contributed by atoms with Crippen LogP contribution in [-0.2, 0) is 38.0 Å². The van der Waals surface area contributed by atoms with Gasteiger partial charge >= 0.3 is 11.9 Å². The van der Waals surface area contributed by atoms with Crippen LogP contribution in [0, 0.1) is 0 Å². The number of hydrogen-bond acceptors (Lipinski definition) is 15. The standard InChI is InChI=1S/C53H90O15/c1-3-5-7-9-11-13-15-17-19-20-22-23-25-27-29-31-33-35-44(55)63-38-41(66-45(56)36-34-32-30-28-26-24-21-18-16-14-12-10-8-6-4-2)39-64-52-51(62)49(60)47(58)43(68-52)40-65-53-50(61)48(59)46(57)42(37-54)67-53/h7,9,13,15,19-20,23,25-26,28,41-43,46-54,57-62H,3-6,8,10-12,14,16-18,21-22,24,27,29-40H2,1-2H3/b9-7+,15-13+,20-19+,25-23+,28-26+/t41-,42+,43+,46-,47-,48?,49?,50?,51?,52+,53+/m0/s1. The molecule has 15 heteroatoms. The Morgan fingerprint density at radius 2 is 0.912 bits per heavy atom. The third-order valence-electron chi connectivity index (χ3n) is 11.9. The summed E-state index contributed by atoms with van der Waals surface area (Å²) in [6.45, 7) is 2.46. The van der Waals surface area contributed by atoms with Crippen molar-refractivity contribution in [3.8, 4) is 0 Å². The van der Waals surface area contributed by atoms with E-state index in [1.54, 1.807) is 0 Å². The predicted octanol–water partition coefficient (Wildman–Crippen LogP) is 7.27. The van der Waals surface area contributed by atoms with E-state index < -0.39 is 99.3 Å². The van der Waals surface area contributed by atoms with E-state index in [9.17, 15) is 45.3 Å². The fraction of sp³-hybridized carbons (Fsp3) is 0.774. The maximum Gasteiger partial charge on any atom is 0.306 e. The lowest BCUT2D eigenvalue weighted by Crippen LogP contribution is -2.61. The molecule has 2 rings (SSSR count). The van der Waals surface area contributed by atoms with Crippen molar-refractivity contribution >= 4 is 11.9 Å². The molecule has 15 nitrogen and oxygen atoms in total. The van der Waals surface area contributed by atoms with Crippen LogP contribution in [0.3, 0.4) is 0 Å². The molecule has 2 saturated heterocycles. The third-order valence-corrected chi connectivity index (χ3v) is 11.9. The first-order valence-electron chi connectivity index (χ1n) is 25.9. The molecule has 0 amide bonds. The Bertz CT molecular complexity index is 1420. The Hall–Kier alpha value is -2.80. The van der Waals surface area contributed by atoms with Crippen LogP contribution in [0.4, 0.5) is 0 Å². The lowest BCUT2D eigenvalue weighted by Gasteiger charge is -2.42. The molecule has 0 spiro atoms. The molecule has 0 aromatic heterocycles. The van der Waals surface area contributed by atoms with E-state index in [0.717, 1.165) is 64.2 Å². The smallest absolute Gasteiger partial charge is 0.306 e. The van der Waals surface area contributed by atoms with Crippen molar-refractivity contribution in [3.63, 3.8) is 0 Å². The van der Waals surface area contributed by atoms with Crippen LogP contribution in [-0.4, -0.2) is 142 Å². The molecule has 4 unspecified atom stereocenters. The minimum absolute atomic E-state index is 0.126. The van der Waals surface area contributed by atoms with Gasteiger partial charge in [0.15, 0.2) is 18.7 Å². The number of rotatable bonds is 39. The summed E-state index contributed by atoms with van der Waals surface area (Å²) < 4.78 is 33.5. The SMILES string of the molecule is CCC/C=C/C/C=C/C/C=C/C/C=C/CCCCCC(=O)OC[C@@H](CO[C@@H]1O[C@H](CO[C@@H]2O[C@H](CO)[C@H](O)C(O)C2O)[C@H](O)C(O)C1O)OC(=O)CCCC/C=C/CCCCCCCCCCC. The molecule has 2 aliphatic heterocycles.